The summed E-state index contributed by atoms with van der Waals surface area (Å²) in [7, 11) is -3.66. The molecule has 0 spiro atoms. The van der Waals surface area contributed by atoms with Gasteiger partial charge in [0, 0.05) is 18.7 Å². The van der Waals surface area contributed by atoms with Crippen molar-refractivity contribution in [3.05, 3.63) is 41.7 Å². The van der Waals surface area contributed by atoms with Gasteiger partial charge in [-0.1, -0.05) is 42.2 Å². The third-order valence-corrected chi connectivity index (χ3v) is 8.20. The van der Waals surface area contributed by atoms with Crippen LogP contribution in [0.2, 0.25) is 0 Å². The summed E-state index contributed by atoms with van der Waals surface area (Å²) < 4.78 is 36.1. The highest BCUT2D eigenvalue weighted by molar-refractivity contribution is 7.89. The Morgan fingerprint density at radius 2 is 1.88 bits per heavy atom. The molecule has 1 saturated heterocycles. The number of hydrogen-bond donors (Lipinski definition) is 2. The van der Waals surface area contributed by atoms with Gasteiger partial charge in [-0.05, 0) is 51.2 Å². The van der Waals surface area contributed by atoms with Crippen molar-refractivity contribution < 1.29 is 18.3 Å². The molecule has 0 unspecified atom stereocenters. The predicted octanol–water partition coefficient (Wildman–Crippen LogP) is 2.91. The lowest BCUT2D eigenvalue weighted by atomic mass is 9.87. The maximum Gasteiger partial charge on any atom is 0.240 e. The van der Waals surface area contributed by atoms with Crippen molar-refractivity contribution in [2.75, 3.05) is 6.61 Å². The minimum atomic E-state index is -3.66. The van der Waals surface area contributed by atoms with Crippen LogP contribution in [0.4, 0.5) is 0 Å². The fourth-order valence-electron chi connectivity index (χ4n) is 4.75. The molecule has 9 heteroatoms. The number of aliphatic hydroxyl groups excluding tert-OH is 1. The van der Waals surface area contributed by atoms with E-state index in [1.54, 1.807) is 24.3 Å². The number of nitrogens with zero attached hydrogens (tertiary/aromatic N) is 3. The van der Waals surface area contributed by atoms with Crippen molar-refractivity contribution >= 4 is 10.0 Å². The third-order valence-electron chi connectivity index (χ3n) is 6.69. The Kier molecular flexibility index (Phi) is 7.60. The second kappa shape index (κ2) is 10.4. The summed E-state index contributed by atoms with van der Waals surface area (Å²) in [5, 5.41) is 18.5. The van der Waals surface area contributed by atoms with E-state index in [0.29, 0.717) is 18.9 Å². The topological polar surface area (TPSA) is 106 Å². The van der Waals surface area contributed by atoms with Crippen molar-refractivity contribution in [3.63, 3.8) is 0 Å². The van der Waals surface area contributed by atoms with Gasteiger partial charge in [0.25, 0.3) is 0 Å². The average molecular weight is 463 g/mol. The smallest absolute Gasteiger partial charge is 0.240 e. The number of aryl methyl sites for hydroxylation is 2. The second-order valence-corrected chi connectivity index (χ2v) is 10.8. The van der Waals surface area contributed by atoms with E-state index in [2.05, 4.69) is 21.2 Å². The lowest BCUT2D eigenvalue weighted by Crippen LogP contribution is -2.50. The zero-order chi connectivity index (χ0) is 22.6. The molecule has 8 nitrogen and oxygen atoms in total. The van der Waals surface area contributed by atoms with Crippen LogP contribution in [0.15, 0.2) is 35.4 Å². The van der Waals surface area contributed by atoms with Crippen molar-refractivity contribution in [1.29, 1.82) is 0 Å². The number of nitrogens with one attached hydrogen (secondary N) is 1. The summed E-state index contributed by atoms with van der Waals surface area (Å²) in [5.41, 5.74) is 2.09. The fourth-order valence-corrected chi connectivity index (χ4v) is 6.05. The molecule has 0 bridgehead atoms. The second-order valence-electron chi connectivity index (χ2n) is 9.13. The molecular weight excluding hydrogens is 428 g/mol. The van der Waals surface area contributed by atoms with Crippen LogP contribution in [0.5, 0.6) is 0 Å². The highest BCUT2D eigenvalue weighted by Gasteiger charge is 2.34. The maximum absolute atomic E-state index is 12.7. The van der Waals surface area contributed by atoms with E-state index in [-0.39, 0.29) is 17.6 Å². The Morgan fingerprint density at radius 1 is 1.12 bits per heavy atom. The molecule has 0 radical (unpaired) electrons. The van der Waals surface area contributed by atoms with E-state index < -0.39 is 22.2 Å². The SMILES string of the molecule is Cc1ccc(S(=O)(=O)N[C@@H]2CC[C@@H](CCn3cc(C4CCCCC4)nn3)O[C@@H]2CO)cc1. The maximum atomic E-state index is 12.7. The standard InChI is InChI=1S/C23H34N4O4S/c1-17-7-10-20(11-8-17)32(29,30)25-21-12-9-19(31-23(21)16-28)13-14-27-15-22(24-26-27)18-5-3-2-4-6-18/h7-8,10-11,15,18-19,21,23,25,28H,2-6,9,12-14,16H2,1H3/t19-,21+,23+/m0/s1. The van der Waals surface area contributed by atoms with Crippen LogP contribution >= 0.6 is 0 Å². The molecule has 0 amide bonds. The summed E-state index contributed by atoms with van der Waals surface area (Å²) in [6.07, 6.45) is 9.78. The van der Waals surface area contributed by atoms with E-state index in [9.17, 15) is 13.5 Å². The normalized spacial score (nSPS) is 25.1. The molecule has 1 aliphatic carbocycles. The predicted molar refractivity (Wildman–Crippen MR) is 121 cm³/mol. The van der Waals surface area contributed by atoms with E-state index in [4.69, 9.17) is 4.74 Å². The molecule has 4 rings (SSSR count). The number of aromatic nitrogens is 3. The first-order chi connectivity index (χ1) is 15.4. The molecule has 2 N–H and O–H groups in total. The largest absolute Gasteiger partial charge is 0.394 e. The zero-order valence-corrected chi connectivity index (χ0v) is 19.5. The minimum absolute atomic E-state index is 0.0467. The summed E-state index contributed by atoms with van der Waals surface area (Å²) in [6.45, 7) is 2.38. The number of ether oxygens (including phenoxy) is 1. The molecule has 176 valence electrons. The number of rotatable bonds is 8. The zero-order valence-electron chi connectivity index (χ0n) is 18.7. The quantitative estimate of drug-likeness (QED) is 0.625. The van der Waals surface area contributed by atoms with Gasteiger partial charge in [0.1, 0.15) is 0 Å². The van der Waals surface area contributed by atoms with Gasteiger partial charge >= 0.3 is 0 Å². The lowest BCUT2D eigenvalue weighted by Gasteiger charge is -2.36. The Labute approximate surface area is 190 Å². The highest BCUT2D eigenvalue weighted by atomic mass is 32.2. The molecule has 1 aliphatic heterocycles. The summed E-state index contributed by atoms with van der Waals surface area (Å²) in [5.74, 6) is 0.532. The van der Waals surface area contributed by atoms with Crippen molar-refractivity contribution in [3.8, 4) is 0 Å². The van der Waals surface area contributed by atoms with E-state index >= 15 is 0 Å². The third kappa shape index (κ3) is 5.75. The Morgan fingerprint density at radius 3 is 2.59 bits per heavy atom. The first-order valence-corrected chi connectivity index (χ1v) is 13.2. The molecule has 1 aromatic carbocycles. The van der Waals surface area contributed by atoms with Crippen LogP contribution < -0.4 is 4.72 Å². The monoisotopic (exact) mass is 462 g/mol. The first-order valence-electron chi connectivity index (χ1n) is 11.7. The molecule has 3 atom stereocenters. The Balaban J connectivity index is 1.30. The molecule has 2 aromatic rings. The van der Waals surface area contributed by atoms with Gasteiger partial charge in [-0.2, -0.15) is 0 Å². The number of benzene rings is 1. The molecule has 32 heavy (non-hydrogen) atoms. The van der Waals surface area contributed by atoms with Gasteiger partial charge in [0.2, 0.25) is 10.0 Å². The van der Waals surface area contributed by atoms with E-state index in [0.717, 1.165) is 24.1 Å². The number of hydrogen-bond acceptors (Lipinski definition) is 6. The first kappa shape index (κ1) is 23.4. The summed E-state index contributed by atoms with van der Waals surface area (Å²) in [4.78, 5) is 0.224. The minimum Gasteiger partial charge on any atom is -0.394 e. The van der Waals surface area contributed by atoms with E-state index in [1.807, 2.05) is 11.6 Å². The Hall–Kier alpha value is -1.81. The summed E-state index contributed by atoms with van der Waals surface area (Å²) >= 11 is 0. The van der Waals surface area contributed by atoms with Gasteiger partial charge in [-0.3, -0.25) is 4.68 Å². The Bertz CT molecular complexity index is 970. The van der Waals surface area contributed by atoms with Gasteiger partial charge in [0.05, 0.1) is 35.4 Å². The van der Waals surface area contributed by atoms with Crippen LogP contribution in [-0.2, 0) is 21.3 Å². The van der Waals surface area contributed by atoms with Gasteiger partial charge in [-0.15, -0.1) is 5.10 Å². The van der Waals surface area contributed by atoms with Gasteiger partial charge in [-0.25, -0.2) is 13.1 Å². The number of aliphatic hydroxyl groups is 1. The van der Waals surface area contributed by atoms with Crippen molar-refractivity contribution in [2.45, 2.75) is 93.9 Å². The molecule has 2 aliphatic rings. The van der Waals surface area contributed by atoms with Gasteiger partial charge in [0.15, 0.2) is 0 Å². The van der Waals surface area contributed by atoms with Crippen LogP contribution in [0.3, 0.4) is 0 Å². The summed E-state index contributed by atoms with van der Waals surface area (Å²) in [6, 6.07) is 6.28. The molecule has 2 fully saturated rings. The molecule has 2 heterocycles. The number of sulfonamides is 1. The molecule has 1 aromatic heterocycles. The van der Waals surface area contributed by atoms with Crippen LogP contribution in [0, 0.1) is 6.92 Å². The van der Waals surface area contributed by atoms with Crippen LogP contribution in [-0.4, -0.2) is 53.4 Å². The lowest BCUT2D eigenvalue weighted by molar-refractivity contribution is -0.0891. The van der Waals surface area contributed by atoms with Crippen molar-refractivity contribution in [1.82, 2.24) is 19.7 Å². The molecule has 1 saturated carbocycles. The van der Waals surface area contributed by atoms with Crippen LogP contribution in [0.1, 0.15) is 68.5 Å². The van der Waals surface area contributed by atoms with Crippen LogP contribution in [0.25, 0.3) is 0 Å². The molecular formula is C23H34N4O4S. The fraction of sp³-hybridized carbons (Fsp3) is 0.652. The van der Waals surface area contributed by atoms with E-state index in [1.165, 1.54) is 32.1 Å². The average Bonchev–Trinajstić information content (AvgIpc) is 3.28. The van der Waals surface area contributed by atoms with Gasteiger partial charge < -0.3 is 9.84 Å². The highest BCUT2D eigenvalue weighted by Crippen LogP contribution is 2.31. The van der Waals surface area contributed by atoms with Crippen molar-refractivity contribution in [2.24, 2.45) is 0 Å².